The number of carbonyl (C=O) groups excluding carboxylic acids is 1. The van der Waals surface area contributed by atoms with Gasteiger partial charge in [-0.3, -0.25) is 14.5 Å². The first-order valence-corrected chi connectivity index (χ1v) is 10.3. The number of hydrogen-bond donors (Lipinski definition) is 0. The van der Waals surface area contributed by atoms with E-state index in [2.05, 4.69) is 10.1 Å². The number of alkyl halides is 3. The van der Waals surface area contributed by atoms with Gasteiger partial charge in [0.05, 0.1) is 17.0 Å². The second-order valence-corrected chi connectivity index (χ2v) is 7.98. The van der Waals surface area contributed by atoms with Crippen LogP contribution in [0.25, 0.3) is 10.7 Å². The van der Waals surface area contributed by atoms with Crippen molar-refractivity contribution >= 4 is 17.2 Å². The summed E-state index contributed by atoms with van der Waals surface area (Å²) in [5, 5.41) is 5.89. The molecule has 3 aromatic heterocycles. The zero-order valence-electron chi connectivity index (χ0n) is 16.2. The Labute approximate surface area is 178 Å². The van der Waals surface area contributed by atoms with Crippen molar-refractivity contribution in [2.45, 2.75) is 19.3 Å². The molecular weight excluding hydrogens is 435 g/mol. The van der Waals surface area contributed by atoms with Crippen LogP contribution >= 0.6 is 11.3 Å². The normalized spacial score (nSPS) is 15.4. The van der Waals surface area contributed by atoms with Crippen molar-refractivity contribution < 1.29 is 22.5 Å². The van der Waals surface area contributed by atoms with Crippen LogP contribution in [-0.4, -0.2) is 56.6 Å². The lowest BCUT2D eigenvalue weighted by atomic mass is 10.2. The number of aromatic nitrogens is 3. The van der Waals surface area contributed by atoms with Crippen molar-refractivity contribution in [3.05, 3.63) is 57.7 Å². The lowest BCUT2D eigenvalue weighted by Gasteiger charge is -2.34. The molecule has 1 amide bonds. The summed E-state index contributed by atoms with van der Waals surface area (Å²) in [5.41, 5.74) is -1.62. The Balaban J connectivity index is 1.32. The summed E-state index contributed by atoms with van der Waals surface area (Å²) in [7, 11) is 0. The highest BCUT2D eigenvalue weighted by molar-refractivity contribution is 7.13. The van der Waals surface area contributed by atoms with E-state index >= 15 is 0 Å². The number of rotatable bonds is 5. The molecule has 0 aliphatic carbocycles. The van der Waals surface area contributed by atoms with Gasteiger partial charge in [0.1, 0.15) is 6.54 Å². The number of piperazine rings is 1. The minimum Gasteiger partial charge on any atom is -0.339 e. The molecule has 0 atom stereocenters. The summed E-state index contributed by atoms with van der Waals surface area (Å²) in [5.74, 6) is 0.600. The number of carbonyl (C=O) groups is 1. The van der Waals surface area contributed by atoms with Crippen LogP contribution in [0.1, 0.15) is 11.5 Å². The number of thiophene rings is 1. The van der Waals surface area contributed by atoms with E-state index in [0.717, 1.165) is 15.5 Å². The van der Waals surface area contributed by atoms with Crippen LogP contribution < -0.4 is 5.56 Å². The molecule has 1 aliphatic rings. The Morgan fingerprint density at radius 2 is 1.94 bits per heavy atom. The minimum atomic E-state index is -4.58. The quantitative estimate of drug-likeness (QED) is 0.590. The molecule has 164 valence electrons. The zero-order valence-corrected chi connectivity index (χ0v) is 17.0. The highest BCUT2D eigenvalue weighted by Gasteiger charge is 2.31. The van der Waals surface area contributed by atoms with Gasteiger partial charge in [-0.05, 0) is 17.5 Å². The fourth-order valence-corrected chi connectivity index (χ4v) is 3.89. The molecule has 0 aromatic carbocycles. The van der Waals surface area contributed by atoms with Crippen molar-refractivity contribution in [1.29, 1.82) is 0 Å². The number of hydrogen-bond acceptors (Lipinski definition) is 7. The number of pyridine rings is 1. The molecule has 1 fully saturated rings. The number of nitrogens with zero attached hydrogens (tertiary/aromatic N) is 5. The Kier molecular flexibility index (Phi) is 5.92. The van der Waals surface area contributed by atoms with Crippen LogP contribution in [-0.2, 0) is 24.1 Å². The van der Waals surface area contributed by atoms with E-state index in [1.807, 2.05) is 22.4 Å². The van der Waals surface area contributed by atoms with Crippen LogP contribution in [0, 0.1) is 0 Å². The van der Waals surface area contributed by atoms with Crippen LogP contribution in [0.5, 0.6) is 0 Å². The molecule has 0 unspecified atom stereocenters. The van der Waals surface area contributed by atoms with E-state index in [1.165, 1.54) is 16.2 Å². The first-order chi connectivity index (χ1) is 14.8. The van der Waals surface area contributed by atoms with E-state index in [9.17, 15) is 22.8 Å². The molecule has 0 bridgehead atoms. The lowest BCUT2D eigenvalue weighted by Crippen LogP contribution is -2.49. The van der Waals surface area contributed by atoms with E-state index in [1.54, 1.807) is 0 Å². The monoisotopic (exact) mass is 453 g/mol. The summed E-state index contributed by atoms with van der Waals surface area (Å²) in [6.45, 7) is 1.86. The predicted octanol–water partition coefficient (Wildman–Crippen LogP) is 2.32. The van der Waals surface area contributed by atoms with Crippen LogP contribution in [0.4, 0.5) is 13.2 Å². The summed E-state index contributed by atoms with van der Waals surface area (Å²) in [6, 6.07) is 5.34. The van der Waals surface area contributed by atoms with Gasteiger partial charge in [0.25, 0.3) is 5.56 Å². The van der Waals surface area contributed by atoms with Gasteiger partial charge in [-0.15, -0.1) is 11.3 Å². The van der Waals surface area contributed by atoms with Gasteiger partial charge in [-0.25, -0.2) is 0 Å². The largest absolute Gasteiger partial charge is 0.417 e. The van der Waals surface area contributed by atoms with Crippen molar-refractivity contribution in [2.24, 2.45) is 0 Å². The molecule has 0 radical (unpaired) electrons. The van der Waals surface area contributed by atoms with E-state index in [0.29, 0.717) is 56.7 Å². The zero-order chi connectivity index (χ0) is 22.0. The first-order valence-electron chi connectivity index (χ1n) is 9.44. The van der Waals surface area contributed by atoms with Gasteiger partial charge in [0, 0.05) is 38.4 Å². The topological polar surface area (TPSA) is 84.5 Å². The van der Waals surface area contributed by atoms with Crippen LogP contribution in [0.2, 0.25) is 0 Å². The highest BCUT2D eigenvalue weighted by Crippen LogP contribution is 2.28. The van der Waals surface area contributed by atoms with Gasteiger partial charge < -0.3 is 14.0 Å². The first kappa shape index (κ1) is 21.2. The van der Waals surface area contributed by atoms with Crippen molar-refractivity contribution in [2.75, 3.05) is 26.2 Å². The molecule has 1 saturated heterocycles. The third-order valence-corrected chi connectivity index (χ3v) is 5.78. The molecule has 0 spiro atoms. The number of halogens is 3. The van der Waals surface area contributed by atoms with Crippen molar-refractivity contribution in [3.8, 4) is 10.7 Å². The van der Waals surface area contributed by atoms with Crippen molar-refractivity contribution in [3.63, 3.8) is 0 Å². The predicted molar refractivity (Wildman–Crippen MR) is 105 cm³/mol. The average Bonchev–Trinajstić information content (AvgIpc) is 3.41. The summed E-state index contributed by atoms with van der Waals surface area (Å²) >= 11 is 1.51. The maximum Gasteiger partial charge on any atom is 0.417 e. The van der Waals surface area contributed by atoms with Crippen LogP contribution in [0.15, 0.2) is 45.2 Å². The van der Waals surface area contributed by atoms with Gasteiger partial charge in [0.15, 0.2) is 0 Å². The molecule has 4 rings (SSSR count). The standard InChI is InChI=1S/C19H18F3N5O3S/c20-19(21,22)13-3-4-16(28)27(10-13)12-17(29)26-7-5-25(6-8-26)11-15-23-18(24-30-15)14-2-1-9-31-14/h1-4,9-10H,5-8,11-12H2. The molecule has 0 N–H and O–H groups in total. The lowest BCUT2D eigenvalue weighted by molar-refractivity contribution is -0.139. The third-order valence-electron chi connectivity index (χ3n) is 4.91. The molecule has 12 heteroatoms. The van der Waals surface area contributed by atoms with Gasteiger partial charge in [-0.2, -0.15) is 18.2 Å². The molecule has 8 nitrogen and oxygen atoms in total. The maximum atomic E-state index is 12.9. The Hall–Kier alpha value is -2.99. The second kappa shape index (κ2) is 8.63. The summed E-state index contributed by atoms with van der Waals surface area (Å²) in [6.07, 6.45) is -3.90. The van der Waals surface area contributed by atoms with E-state index in [-0.39, 0.29) is 0 Å². The molecular formula is C19H18F3N5O3S. The third kappa shape index (κ3) is 5.02. The van der Waals surface area contributed by atoms with E-state index < -0.39 is 29.8 Å². The molecule has 4 heterocycles. The maximum absolute atomic E-state index is 12.9. The fraction of sp³-hybridized carbons (Fsp3) is 0.368. The Bertz CT molecular complexity index is 1100. The SMILES string of the molecule is O=C(Cn1cc(C(F)(F)F)ccc1=O)N1CCN(Cc2nc(-c3cccs3)no2)CC1. The van der Waals surface area contributed by atoms with Crippen LogP contribution in [0.3, 0.4) is 0 Å². The Morgan fingerprint density at radius 3 is 2.61 bits per heavy atom. The smallest absolute Gasteiger partial charge is 0.339 e. The number of amides is 1. The molecule has 0 saturated carbocycles. The molecule has 31 heavy (non-hydrogen) atoms. The van der Waals surface area contributed by atoms with Gasteiger partial charge in [0.2, 0.25) is 17.6 Å². The van der Waals surface area contributed by atoms with Gasteiger partial charge in [-0.1, -0.05) is 11.2 Å². The molecule has 3 aromatic rings. The van der Waals surface area contributed by atoms with Crippen molar-refractivity contribution in [1.82, 2.24) is 24.5 Å². The van der Waals surface area contributed by atoms with Gasteiger partial charge >= 0.3 is 6.18 Å². The second-order valence-electron chi connectivity index (χ2n) is 7.03. The summed E-state index contributed by atoms with van der Waals surface area (Å²) in [4.78, 5) is 33.2. The minimum absolute atomic E-state index is 0.387. The molecule has 1 aliphatic heterocycles. The summed E-state index contributed by atoms with van der Waals surface area (Å²) < 4.78 is 44.7. The Morgan fingerprint density at radius 1 is 1.16 bits per heavy atom. The highest BCUT2D eigenvalue weighted by atomic mass is 32.1. The average molecular weight is 453 g/mol. The fourth-order valence-electron chi connectivity index (χ4n) is 3.24. The van der Waals surface area contributed by atoms with E-state index in [4.69, 9.17) is 4.52 Å².